The molecule has 0 aromatic rings. The largest absolute Gasteiger partial charge is 0.466 e. The molecule has 5 fully saturated rings. The Morgan fingerprint density at radius 3 is 2.46 bits per heavy atom. The van der Waals surface area contributed by atoms with Crippen LogP contribution in [0.4, 0.5) is 0 Å². The maximum absolute atomic E-state index is 12.0. The summed E-state index contributed by atoms with van der Waals surface area (Å²) >= 11 is 0. The van der Waals surface area contributed by atoms with E-state index in [1.54, 1.807) is 0 Å². The smallest absolute Gasteiger partial charge is 0.305 e. The molecular weight excluding hydrogens is 440 g/mol. The summed E-state index contributed by atoms with van der Waals surface area (Å²) in [5, 5.41) is 12.0. The molecule has 1 spiro atoms. The molecule has 0 aromatic carbocycles. The van der Waals surface area contributed by atoms with Gasteiger partial charge >= 0.3 is 5.97 Å². The summed E-state index contributed by atoms with van der Waals surface area (Å²) in [4.78, 5) is 11.3. The molecule has 5 nitrogen and oxygen atoms in total. The predicted molar refractivity (Wildman–Crippen MR) is 136 cm³/mol. The second-order valence-electron chi connectivity index (χ2n) is 13.3. The van der Waals surface area contributed by atoms with E-state index in [4.69, 9.17) is 14.2 Å². The molecule has 4 aliphatic carbocycles. The fraction of sp³-hybridized carbons (Fsp3) is 0.967. The summed E-state index contributed by atoms with van der Waals surface area (Å²) in [6.45, 7) is 11.4. The lowest BCUT2D eigenvalue weighted by molar-refractivity contribution is -0.250. The minimum absolute atomic E-state index is 0.0445. The van der Waals surface area contributed by atoms with E-state index in [1.165, 1.54) is 25.7 Å². The highest BCUT2D eigenvalue weighted by Gasteiger charge is 2.66. The average Bonchev–Trinajstić information content (AvgIpc) is 3.39. The zero-order chi connectivity index (χ0) is 24.9. The van der Waals surface area contributed by atoms with Crippen LogP contribution in [-0.2, 0) is 19.0 Å². The number of hydrogen-bond acceptors (Lipinski definition) is 5. The number of fused-ring (bicyclic) bond motifs is 5. The van der Waals surface area contributed by atoms with Gasteiger partial charge in [0, 0.05) is 19.3 Å². The monoisotopic (exact) mass is 490 g/mol. The van der Waals surface area contributed by atoms with Gasteiger partial charge < -0.3 is 19.3 Å². The van der Waals surface area contributed by atoms with Crippen molar-refractivity contribution in [1.29, 1.82) is 0 Å². The normalized spacial score (nSPS) is 46.1. The third-order valence-electron chi connectivity index (χ3n) is 12.1. The maximum Gasteiger partial charge on any atom is 0.305 e. The Balaban J connectivity index is 1.23. The van der Waals surface area contributed by atoms with Gasteiger partial charge in [0.25, 0.3) is 0 Å². The molecule has 5 heteroatoms. The third kappa shape index (κ3) is 4.20. The van der Waals surface area contributed by atoms with Crippen molar-refractivity contribution in [1.82, 2.24) is 0 Å². The summed E-state index contributed by atoms with van der Waals surface area (Å²) in [7, 11) is 0. The van der Waals surface area contributed by atoms with Crippen molar-refractivity contribution in [3.05, 3.63) is 0 Å². The van der Waals surface area contributed by atoms with Gasteiger partial charge in [-0.1, -0.05) is 34.1 Å². The predicted octanol–water partition coefficient (Wildman–Crippen LogP) is 6.26. The van der Waals surface area contributed by atoms with Crippen molar-refractivity contribution in [3.63, 3.8) is 0 Å². The molecule has 0 aromatic heterocycles. The van der Waals surface area contributed by atoms with Crippen molar-refractivity contribution in [2.75, 3.05) is 19.8 Å². The molecule has 35 heavy (non-hydrogen) atoms. The SMILES string of the molecule is CCC(=O)OCCCCC[C@]1(O)CC[C@H]2[C@@H]3CC[C@H]4CC5(C[C@H](C)[C@]4(C)[C@H]3CC[C@@]21C)OCCO5. The standard InChI is InChI=1S/C30H50O5/c1-5-26(31)33-16-8-6-7-13-29(32)15-12-24-23-10-9-22-20-30(34-17-18-35-30)19-21(2)28(22,4)25(23)11-14-27(24,29)3/h21-25,32H,5-20H2,1-4H3/t21-,22-,23-,24-,25-,27-,28-,29-/m0/s1. The number of rotatable bonds is 7. The van der Waals surface area contributed by atoms with Gasteiger partial charge in [-0.05, 0) is 98.2 Å². The Kier molecular flexibility index (Phi) is 7.11. The molecule has 5 rings (SSSR count). The summed E-state index contributed by atoms with van der Waals surface area (Å²) in [6.07, 6.45) is 13.6. The maximum atomic E-state index is 12.0. The van der Waals surface area contributed by atoms with Crippen LogP contribution >= 0.6 is 0 Å². The molecule has 1 saturated heterocycles. The fourth-order valence-electron chi connectivity index (χ4n) is 9.94. The minimum Gasteiger partial charge on any atom is -0.466 e. The number of carbonyl (C=O) groups excluding carboxylic acids is 1. The molecule has 1 heterocycles. The Morgan fingerprint density at radius 1 is 0.971 bits per heavy atom. The molecular formula is C30H50O5. The Labute approximate surface area is 213 Å². The van der Waals surface area contributed by atoms with Gasteiger partial charge in [-0.15, -0.1) is 0 Å². The first-order valence-electron chi connectivity index (χ1n) is 14.8. The molecule has 0 bridgehead atoms. The van der Waals surface area contributed by atoms with Gasteiger partial charge in [0.15, 0.2) is 5.79 Å². The summed E-state index contributed by atoms with van der Waals surface area (Å²) in [5.74, 6) is 3.05. The Bertz CT molecular complexity index is 777. The fourth-order valence-corrected chi connectivity index (χ4v) is 9.94. The lowest BCUT2D eigenvalue weighted by Gasteiger charge is -2.64. The average molecular weight is 491 g/mol. The molecule has 200 valence electrons. The number of ether oxygens (including phenoxy) is 3. The highest BCUT2D eigenvalue weighted by Crippen LogP contribution is 2.70. The highest BCUT2D eigenvalue weighted by atomic mass is 16.7. The highest BCUT2D eigenvalue weighted by molar-refractivity contribution is 5.68. The summed E-state index contributed by atoms with van der Waals surface area (Å²) in [5.41, 5.74) is -0.126. The van der Waals surface area contributed by atoms with E-state index in [9.17, 15) is 9.90 Å². The van der Waals surface area contributed by atoms with E-state index >= 15 is 0 Å². The van der Waals surface area contributed by atoms with Gasteiger partial charge in [-0.3, -0.25) is 4.79 Å². The second kappa shape index (κ2) is 9.58. The van der Waals surface area contributed by atoms with Gasteiger partial charge in [0.2, 0.25) is 0 Å². The zero-order valence-corrected chi connectivity index (χ0v) is 22.8. The van der Waals surface area contributed by atoms with Gasteiger partial charge in [0.05, 0.1) is 25.4 Å². The first kappa shape index (κ1) is 26.0. The number of unbranched alkanes of at least 4 members (excludes halogenated alkanes) is 2. The van der Waals surface area contributed by atoms with Crippen LogP contribution in [0.2, 0.25) is 0 Å². The molecule has 1 N–H and O–H groups in total. The van der Waals surface area contributed by atoms with Crippen molar-refractivity contribution in [2.45, 2.75) is 123 Å². The zero-order valence-electron chi connectivity index (χ0n) is 22.8. The Hall–Kier alpha value is -0.650. The number of carbonyl (C=O) groups is 1. The van der Waals surface area contributed by atoms with E-state index in [0.29, 0.717) is 36.2 Å². The number of hydrogen-bond donors (Lipinski definition) is 1. The second-order valence-corrected chi connectivity index (χ2v) is 13.3. The van der Waals surface area contributed by atoms with Crippen LogP contribution in [0.3, 0.4) is 0 Å². The van der Waals surface area contributed by atoms with E-state index < -0.39 is 5.60 Å². The van der Waals surface area contributed by atoms with Crippen LogP contribution in [-0.4, -0.2) is 42.3 Å². The molecule has 1 aliphatic heterocycles. The summed E-state index contributed by atoms with van der Waals surface area (Å²) in [6, 6.07) is 0. The molecule has 0 unspecified atom stereocenters. The first-order chi connectivity index (χ1) is 16.7. The van der Waals surface area contributed by atoms with Crippen LogP contribution in [0.5, 0.6) is 0 Å². The van der Waals surface area contributed by atoms with E-state index in [2.05, 4.69) is 20.8 Å². The van der Waals surface area contributed by atoms with Gasteiger partial charge in [-0.25, -0.2) is 0 Å². The van der Waals surface area contributed by atoms with E-state index in [0.717, 1.165) is 76.4 Å². The first-order valence-corrected chi connectivity index (χ1v) is 14.8. The van der Waals surface area contributed by atoms with E-state index in [-0.39, 0.29) is 17.2 Å². The van der Waals surface area contributed by atoms with Gasteiger partial charge in [0.1, 0.15) is 0 Å². The molecule has 0 radical (unpaired) electrons. The van der Waals surface area contributed by atoms with Crippen molar-refractivity contribution < 1.29 is 24.1 Å². The minimum atomic E-state index is -0.533. The van der Waals surface area contributed by atoms with Crippen LogP contribution < -0.4 is 0 Å². The molecule has 4 saturated carbocycles. The summed E-state index contributed by atoms with van der Waals surface area (Å²) < 4.78 is 17.6. The van der Waals surface area contributed by atoms with Crippen molar-refractivity contribution in [2.24, 2.45) is 40.4 Å². The Morgan fingerprint density at radius 2 is 1.71 bits per heavy atom. The topological polar surface area (TPSA) is 65.0 Å². The lowest BCUT2D eigenvalue weighted by Crippen LogP contribution is -2.60. The molecule has 0 amide bonds. The molecule has 8 atom stereocenters. The van der Waals surface area contributed by atoms with Crippen LogP contribution in [0, 0.1) is 40.4 Å². The number of esters is 1. The van der Waals surface area contributed by atoms with E-state index in [1.807, 2.05) is 6.92 Å². The van der Waals surface area contributed by atoms with Crippen molar-refractivity contribution in [3.8, 4) is 0 Å². The third-order valence-corrected chi connectivity index (χ3v) is 12.1. The lowest BCUT2D eigenvalue weighted by atomic mass is 9.42. The number of aliphatic hydroxyl groups is 1. The van der Waals surface area contributed by atoms with Crippen LogP contribution in [0.25, 0.3) is 0 Å². The van der Waals surface area contributed by atoms with Crippen molar-refractivity contribution >= 4 is 5.97 Å². The quantitative estimate of drug-likeness (QED) is 0.337. The van der Waals surface area contributed by atoms with Crippen LogP contribution in [0.15, 0.2) is 0 Å². The molecule has 5 aliphatic rings. The van der Waals surface area contributed by atoms with Gasteiger partial charge in [-0.2, -0.15) is 0 Å². The van der Waals surface area contributed by atoms with Crippen LogP contribution in [0.1, 0.15) is 111 Å².